The monoisotopic (exact) mass is 422 g/mol. The summed E-state index contributed by atoms with van der Waals surface area (Å²) in [5.74, 6) is 0.0898. The molecule has 1 atom stereocenters. The van der Waals surface area contributed by atoms with Crippen LogP contribution in [0.4, 0.5) is 0 Å². The molecule has 1 N–H and O–H groups in total. The van der Waals surface area contributed by atoms with E-state index in [4.69, 9.17) is 9.47 Å². The fourth-order valence-electron chi connectivity index (χ4n) is 5.22. The molecule has 0 amide bonds. The summed E-state index contributed by atoms with van der Waals surface area (Å²) in [6.07, 6.45) is 13.8. The standard InChI is InChI=1S/C24H30N4O3/c1-3-28-12-11-25-21(28)24(22(29)30-4-2)15-26-23(31-24)27-20-14-17-8-5-7-16(17)13-18-9-6-10-19(18)20/h11-13H,3-10,14-15H2,1-2H3,(H,26,27). The van der Waals surface area contributed by atoms with Crippen LogP contribution in [-0.2, 0) is 26.4 Å². The molecule has 1 saturated carbocycles. The Balaban J connectivity index is 1.43. The summed E-state index contributed by atoms with van der Waals surface area (Å²) >= 11 is 0. The predicted octanol–water partition coefficient (Wildman–Crippen LogP) is 3.89. The number of hydrogen-bond donors (Lipinski definition) is 1. The van der Waals surface area contributed by atoms with Crippen molar-refractivity contribution in [2.45, 2.75) is 70.9 Å². The predicted molar refractivity (Wildman–Crippen MR) is 117 cm³/mol. The van der Waals surface area contributed by atoms with Crippen LogP contribution in [0.2, 0.25) is 0 Å². The minimum absolute atomic E-state index is 0.157. The lowest BCUT2D eigenvalue weighted by molar-refractivity contribution is -0.162. The van der Waals surface area contributed by atoms with E-state index in [9.17, 15) is 4.79 Å². The van der Waals surface area contributed by atoms with E-state index in [1.165, 1.54) is 47.3 Å². The van der Waals surface area contributed by atoms with Crippen LogP contribution < -0.4 is 5.32 Å². The Bertz CT molecular complexity index is 1030. The van der Waals surface area contributed by atoms with Crippen LogP contribution >= 0.6 is 0 Å². The summed E-state index contributed by atoms with van der Waals surface area (Å²) in [6.45, 7) is 4.93. The van der Waals surface area contributed by atoms with Gasteiger partial charge in [0.2, 0.25) is 0 Å². The molecule has 7 nitrogen and oxygen atoms in total. The molecular weight excluding hydrogens is 392 g/mol. The van der Waals surface area contributed by atoms with E-state index >= 15 is 0 Å². The maximum Gasteiger partial charge on any atom is 0.360 e. The number of aliphatic imine (C=N–C) groups is 1. The van der Waals surface area contributed by atoms with Gasteiger partial charge in [-0.2, -0.15) is 0 Å². The smallest absolute Gasteiger partial charge is 0.360 e. The fourth-order valence-corrected chi connectivity index (χ4v) is 5.22. The Kier molecular flexibility index (Phi) is 5.20. The first-order valence-electron chi connectivity index (χ1n) is 11.5. The topological polar surface area (TPSA) is 77.7 Å². The third-order valence-electron chi connectivity index (χ3n) is 6.74. The van der Waals surface area contributed by atoms with Crippen LogP contribution in [0.25, 0.3) is 0 Å². The van der Waals surface area contributed by atoms with Crippen LogP contribution in [0.5, 0.6) is 0 Å². The van der Waals surface area contributed by atoms with E-state index in [1.54, 1.807) is 13.1 Å². The molecule has 7 heteroatoms. The van der Waals surface area contributed by atoms with Crippen LogP contribution in [-0.4, -0.2) is 34.7 Å². The Labute approximate surface area is 182 Å². The van der Waals surface area contributed by atoms with Gasteiger partial charge in [0, 0.05) is 31.1 Å². The molecule has 1 aliphatic heterocycles. The van der Waals surface area contributed by atoms with Gasteiger partial charge in [0.25, 0.3) is 11.6 Å². The van der Waals surface area contributed by atoms with Crippen LogP contribution in [0.1, 0.15) is 64.6 Å². The summed E-state index contributed by atoms with van der Waals surface area (Å²) in [5.41, 5.74) is 5.71. The van der Waals surface area contributed by atoms with E-state index < -0.39 is 11.6 Å². The van der Waals surface area contributed by atoms with Crippen molar-refractivity contribution in [3.8, 4) is 0 Å². The molecule has 3 aliphatic carbocycles. The molecule has 0 spiro atoms. The van der Waals surface area contributed by atoms with Gasteiger partial charge in [-0.05, 0) is 69.1 Å². The zero-order valence-corrected chi connectivity index (χ0v) is 18.4. The van der Waals surface area contributed by atoms with Crippen molar-refractivity contribution in [2.75, 3.05) is 13.2 Å². The molecule has 0 bridgehead atoms. The number of aryl methyl sites for hydroxylation is 1. The van der Waals surface area contributed by atoms with E-state index in [-0.39, 0.29) is 13.2 Å². The van der Waals surface area contributed by atoms with Gasteiger partial charge in [-0.3, -0.25) is 0 Å². The fraction of sp³-hybridized carbons (Fsp3) is 0.542. The van der Waals surface area contributed by atoms with Crippen LogP contribution in [0.3, 0.4) is 0 Å². The highest BCUT2D eigenvalue weighted by molar-refractivity contribution is 5.89. The van der Waals surface area contributed by atoms with Gasteiger partial charge >= 0.3 is 5.97 Å². The minimum Gasteiger partial charge on any atom is -0.463 e. The van der Waals surface area contributed by atoms with Crippen molar-refractivity contribution < 1.29 is 14.3 Å². The number of esters is 1. The summed E-state index contributed by atoms with van der Waals surface area (Å²) < 4.78 is 13.6. The molecule has 5 rings (SSSR count). The van der Waals surface area contributed by atoms with Crippen LogP contribution in [0, 0.1) is 0 Å². The van der Waals surface area contributed by atoms with Crippen molar-refractivity contribution in [1.82, 2.24) is 14.9 Å². The average molecular weight is 423 g/mol. The van der Waals surface area contributed by atoms with E-state index in [0.717, 1.165) is 25.7 Å². The lowest BCUT2D eigenvalue weighted by Crippen LogP contribution is -2.44. The molecule has 4 aliphatic rings. The number of carbonyl (C=O) groups excluding carboxylic acids is 1. The minimum atomic E-state index is -1.35. The zero-order chi connectivity index (χ0) is 21.4. The Hall–Kier alpha value is -2.83. The second-order valence-corrected chi connectivity index (χ2v) is 8.57. The van der Waals surface area contributed by atoms with E-state index in [0.29, 0.717) is 18.4 Å². The van der Waals surface area contributed by atoms with E-state index in [1.807, 2.05) is 17.7 Å². The first kappa shape index (κ1) is 20.1. The van der Waals surface area contributed by atoms with Gasteiger partial charge in [0.05, 0.1) is 6.61 Å². The highest BCUT2D eigenvalue weighted by Crippen LogP contribution is 2.42. The van der Waals surface area contributed by atoms with Crippen molar-refractivity contribution in [1.29, 1.82) is 0 Å². The van der Waals surface area contributed by atoms with Gasteiger partial charge in [0.15, 0.2) is 5.82 Å². The van der Waals surface area contributed by atoms with Crippen molar-refractivity contribution in [3.05, 3.63) is 52.3 Å². The maximum absolute atomic E-state index is 13.0. The molecule has 164 valence electrons. The summed E-state index contributed by atoms with van der Waals surface area (Å²) in [5, 5.41) is 3.48. The number of aromatic nitrogens is 2. The number of ether oxygens (including phenoxy) is 2. The summed E-state index contributed by atoms with van der Waals surface area (Å²) in [7, 11) is 0. The average Bonchev–Trinajstić information content (AvgIpc) is 3.55. The lowest BCUT2D eigenvalue weighted by Gasteiger charge is -2.26. The highest BCUT2D eigenvalue weighted by Gasteiger charge is 2.52. The van der Waals surface area contributed by atoms with E-state index in [2.05, 4.69) is 21.4 Å². The number of carbonyl (C=O) groups is 1. The molecular formula is C24H30N4O3. The second kappa shape index (κ2) is 8.02. The number of nitrogens with one attached hydrogen (secondary N) is 1. The maximum atomic E-state index is 13.0. The molecule has 0 radical (unpaired) electrons. The van der Waals surface area contributed by atoms with Crippen LogP contribution in [0.15, 0.2) is 51.5 Å². The van der Waals surface area contributed by atoms with Gasteiger partial charge in [-0.25, -0.2) is 14.8 Å². The number of fused-ring (bicyclic) bond motifs is 1. The third-order valence-corrected chi connectivity index (χ3v) is 6.74. The number of hydrogen-bond acceptors (Lipinski definition) is 6. The highest BCUT2D eigenvalue weighted by atomic mass is 16.6. The molecule has 0 aromatic carbocycles. The largest absolute Gasteiger partial charge is 0.463 e. The molecule has 31 heavy (non-hydrogen) atoms. The van der Waals surface area contributed by atoms with Gasteiger partial charge in [0.1, 0.15) is 6.54 Å². The summed E-state index contributed by atoms with van der Waals surface area (Å²) in [4.78, 5) is 22.1. The Morgan fingerprint density at radius 2 is 2.13 bits per heavy atom. The second-order valence-electron chi connectivity index (χ2n) is 8.57. The summed E-state index contributed by atoms with van der Waals surface area (Å²) in [6, 6.07) is 0.384. The molecule has 2 heterocycles. The first-order chi connectivity index (χ1) is 15.1. The number of nitrogens with zero attached hydrogens (tertiary/aromatic N) is 3. The lowest BCUT2D eigenvalue weighted by atomic mass is 10.0. The molecule has 1 fully saturated rings. The van der Waals surface area contributed by atoms with Gasteiger partial charge in [-0.15, -0.1) is 0 Å². The normalized spacial score (nSPS) is 25.0. The first-order valence-corrected chi connectivity index (χ1v) is 11.5. The van der Waals surface area contributed by atoms with Gasteiger partial charge in [-0.1, -0.05) is 11.6 Å². The number of imidazole rings is 1. The van der Waals surface area contributed by atoms with Crippen molar-refractivity contribution >= 4 is 12.0 Å². The van der Waals surface area contributed by atoms with Crippen molar-refractivity contribution in [3.63, 3.8) is 0 Å². The molecule has 1 unspecified atom stereocenters. The number of amidine groups is 1. The zero-order valence-electron chi connectivity index (χ0n) is 18.4. The Morgan fingerprint density at radius 1 is 1.26 bits per heavy atom. The third kappa shape index (κ3) is 3.40. The van der Waals surface area contributed by atoms with Gasteiger partial charge < -0.3 is 19.4 Å². The SMILES string of the molecule is CCOC(=O)C1(c2nccn2CC)CN=C(NC2=C3CCCC3=CC3=C(CCC3)C2)O1. The number of rotatable bonds is 5. The number of allylic oxidation sites excluding steroid dienone is 5. The Morgan fingerprint density at radius 3 is 2.97 bits per heavy atom. The van der Waals surface area contributed by atoms with Crippen molar-refractivity contribution in [2.24, 2.45) is 4.99 Å². The quantitative estimate of drug-likeness (QED) is 0.729. The molecule has 1 aromatic heterocycles. The molecule has 0 saturated heterocycles. The molecule has 1 aromatic rings.